The maximum absolute atomic E-state index is 10.3. The predicted molar refractivity (Wildman–Crippen MR) is 75.9 cm³/mol. The summed E-state index contributed by atoms with van der Waals surface area (Å²) in [5.41, 5.74) is 0. The second-order valence-corrected chi connectivity index (χ2v) is 5.45. The van der Waals surface area contributed by atoms with Gasteiger partial charge in [-0.15, -0.1) is 0 Å². The third kappa shape index (κ3) is 13.6. The number of hydrogen-bond donors (Lipinski definition) is 3. The highest BCUT2D eigenvalue weighted by atomic mass is 16.5. The van der Waals surface area contributed by atoms with E-state index in [9.17, 15) is 15.0 Å². The van der Waals surface area contributed by atoms with Crippen molar-refractivity contribution < 1.29 is 20.1 Å². The molecule has 0 radical (unpaired) electrons. The van der Waals surface area contributed by atoms with E-state index in [2.05, 4.69) is 6.92 Å². The fraction of sp³-hybridized carbons (Fsp3) is 0.933. The van der Waals surface area contributed by atoms with Crippen LogP contribution in [0.25, 0.3) is 0 Å². The van der Waals surface area contributed by atoms with Crippen LogP contribution in [-0.2, 0) is 4.79 Å². The summed E-state index contributed by atoms with van der Waals surface area (Å²) in [5, 5.41) is 27.8. The van der Waals surface area contributed by atoms with Crippen LogP contribution < -0.4 is 0 Å². The second-order valence-electron chi connectivity index (χ2n) is 5.45. The summed E-state index contributed by atoms with van der Waals surface area (Å²) in [4.78, 5) is 10.3. The molecule has 0 aromatic heterocycles. The summed E-state index contributed by atoms with van der Waals surface area (Å²) in [7, 11) is 0. The van der Waals surface area contributed by atoms with Gasteiger partial charge >= 0.3 is 5.97 Å². The highest BCUT2D eigenvalue weighted by Gasteiger charge is 2.21. The first-order valence-corrected chi connectivity index (χ1v) is 7.64. The van der Waals surface area contributed by atoms with Crippen LogP contribution >= 0.6 is 0 Å². The van der Waals surface area contributed by atoms with Gasteiger partial charge in [0.2, 0.25) is 0 Å². The van der Waals surface area contributed by atoms with Crippen LogP contribution in [0.4, 0.5) is 0 Å². The van der Waals surface area contributed by atoms with Crippen molar-refractivity contribution >= 4 is 5.97 Å². The molecule has 0 saturated heterocycles. The first kappa shape index (κ1) is 18.4. The summed E-state index contributed by atoms with van der Waals surface area (Å²) >= 11 is 0. The van der Waals surface area contributed by atoms with E-state index in [1.165, 1.54) is 32.1 Å². The quantitative estimate of drug-likeness (QED) is 0.355. The van der Waals surface area contributed by atoms with Crippen LogP contribution in [0, 0.1) is 0 Å². The van der Waals surface area contributed by atoms with Gasteiger partial charge in [0, 0.05) is 19.3 Å². The number of carboxylic acids is 1. The molecule has 0 amide bonds. The SMILES string of the molecule is CCCCCCCCCCC(O)(O)CCCC(=O)O. The molecule has 0 heterocycles. The molecule has 0 unspecified atom stereocenters. The van der Waals surface area contributed by atoms with Crippen molar-refractivity contribution in [2.24, 2.45) is 0 Å². The molecule has 0 aromatic rings. The van der Waals surface area contributed by atoms with Crippen molar-refractivity contribution in [3.8, 4) is 0 Å². The molecule has 4 heteroatoms. The zero-order valence-electron chi connectivity index (χ0n) is 12.2. The standard InChI is InChI=1S/C15H30O4/c1-2-3-4-5-6-7-8-9-12-15(18,19)13-10-11-14(16)17/h18-19H,2-13H2,1H3,(H,16,17). The lowest BCUT2D eigenvalue weighted by molar-refractivity contribution is -0.172. The summed E-state index contributed by atoms with van der Waals surface area (Å²) < 4.78 is 0. The molecule has 0 atom stereocenters. The maximum atomic E-state index is 10.3. The van der Waals surface area contributed by atoms with Crippen molar-refractivity contribution in [2.45, 2.75) is 89.8 Å². The highest BCUT2D eigenvalue weighted by Crippen LogP contribution is 2.19. The van der Waals surface area contributed by atoms with Gasteiger partial charge in [0.25, 0.3) is 0 Å². The molecule has 114 valence electrons. The molecule has 3 N–H and O–H groups in total. The van der Waals surface area contributed by atoms with Crippen molar-refractivity contribution in [3.63, 3.8) is 0 Å². The number of hydrogen-bond acceptors (Lipinski definition) is 3. The zero-order chi connectivity index (χ0) is 14.6. The van der Waals surface area contributed by atoms with Gasteiger partial charge in [-0.25, -0.2) is 0 Å². The monoisotopic (exact) mass is 274 g/mol. The van der Waals surface area contributed by atoms with E-state index >= 15 is 0 Å². The summed E-state index contributed by atoms with van der Waals surface area (Å²) in [6.07, 6.45) is 10.1. The molecule has 0 bridgehead atoms. The Morgan fingerprint density at radius 3 is 1.84 bits per heavy atom. The Bertz CT molecular complexity index is 226. The van der Waals surface area contributed by atoms with Crippen LogP contribution in [0.1, 0.15) is 84.0 Å². The van der Waals surface area contributed by atoms with Crippen LogP contribution in [0.3, 0.4) is 0 Å². The predicted octanol–water partition coefficient (Wildman–Crippen LogP) is 3.45. The normalized spacial score (nSPS) is 11.7. The van der Waals surface area contributed by atoms with Gasteiger partial charge in [0.15, 0.2) is 5.79 Å². The van der Waals surface area contributed by atoms with Crippen LogP contribution in [-0.4, -0.2) is 27.1 Å². The molecule has 0 spiro atoms. The molecule has 0 aliphatic rings. The number of rotatable bonds is 13. The van der Waals surface area contributed by atoms with E-state index in [1.54, 1.807) is 0 Å². The van der Waals surface area contributed by atoms with E-state index in [0.717, 1.165) is 19.3 Å². The molecular weight excluding hydrogens is 244 g/mol. The fourth-order valence-corrected chi connectivity index (χ4v) is 2.19. The number of carboxylic acid groups (broad SMARTS) is 1. The first-order chi connectivity index (χ1) is 8.98. The minimum Gasteiger partial charge on any atom is -0.481 e. The molecule has 0 aliphatic heterocycles. The van der Waals surface area contributed by atoms with Gasteiger partial charge in [-0.3, -0.25) is 4.79 Å². The molecule has 0 saturated carbocycles. The van der Waals surface area contributed by atoms with Gasteiger partial charge in [-0.1, -0.05) is 51.9 Å². The van der Waals surface area contributed by atoms with Crippen molar-refractivity contribution in [1.82, 2.24) is 0 Å². The van der Waals surface area contributed by atoms with Gasteiger partial charge in [-0.2, -0.15) is 0 Å². The minimum atomic E-state index is -1.68. The van der Waals surface area contributed by atoms with Gasteiger partial charge in [0.05, 0.1) is 0 Å². The summed E-state index contributed by atoms with van der Waals surface area (Å²) in [5.74, 6) is -2.57. The van der Waals surface area contributed by atoms with E-state index in [1.807, 2.05) is 0 Å². The van der Waals surface area contributed by atoms with Gasteiger partial charge in [0.1, 0.15) is 0 Å². The topological polar surface area (TPSA) is 77.8 Å². The molecule has 0 aliphatic carbocycles. The van der Waals surface area contributed by atoms with E-state index in [0.29, 0.717) is 12.8 Å². The lowest BCUT2D eigenvalue weighted by Gasteiger charge is -2.21. The number of unbranched alkanes of at least 4 members (excludes halogenated alkanes) is 7. The van der Waals surface area contributed by atoms with E-state index < -0.39 is 11.8 Å². The molecule has 0 fully saturated rings. The van der Waals surface area contributed by atoms with Crippen LogP contribution in [0.15, 0.2) is 0 Å². The Kier molecular flexibility index (Phi) is 10.9. The Hall–Kier alpha value is -0.610. The fourth-order valence-electron chi connectivity index (χ4n) is 2.19. The maximum Gasteiger partial charge on any atom is 0.303 e. The molecule has 0 aromatic carbocycles. The molecular formula is C15H30O4. The van der Waals surface area contributed by atoms with Crippen molar-refractivity contribution in [2.75, 3.05) is 0 Å². The van der Waals surface area contributed by atoms with Crippen LogP contribution in [0.2, 0.25) is 0 Å². The average molecular weight is 274 g/mol. The summed E-state index contributed by atoms with van der Waals surface area (Å²) in [6.45, 7) is 2.20. The largest absolute Gasteiger partial charge is 0.481 e. The third-order valence-electron chi connectivity index (χ3n) is 3.40. The van der Waals surface area contributed by atoms with Gasteiger partial charge in [-0.05, 0) is 12.8 Å². The van der Waals surface area contributed by atoms with Gasteiger partial charge < -0.3 is 15.3 Å². The number of carbonyl (C=O) groups is 1. The van der Waals surface area contributed by atoms with Crippen molar-refractivity contribution in [3.05, 3.63) is 0 Å². The Labute approximate surface area is 116 Å². The lowest BCUT2D eigenvalue weighted by atomic mass is 10.0. The van der Waals surface area contributed by atoms with Crippen LogP contribution in [0.5, 0.6) is 0 Å². The summed E-state index contributed by atoms with van der Waals surface area (Å²) in [6, 6.07) is 0. The molecule has 19 heavy (non-hydrogen) atoms. The highest BCUT2D eigenvalue weighted by molar-refractivity contribution is 5.66. The average Bonchev–Trinajstić information content (AvgIpc) is 2.31. The Morgan fingerprint density at radius 2 is 1.32 bits per heavy atom. The zero-order valence-corrected chi connectivity index (χ0v) is 12.2. The van der Waals surface area contributed by atoms with E-state index in [-0.39, 0.29) is 12.8 Å². The Morgan fingerprint density at radius 1 is 0.842 bits per heavy atom. The number of aliphatic hydroxyl groups is 2. The molecule has 4 nitrogen and oxygen atoms in total. The number of aliphatic carboxylic acids is 1. The third-order valence-corrected chi connectivity index (χ3v) is 3.40. The minimum absolute atomic E-state index is 0.000296. The Balaban J connectivity index is 3.39. The second kappa shape index (κ2) is 11.2. The van der Waals surface area contributed by atoms with Crippen molar-refractivity contribution in [1.29, 1.82) is 0 Å². The first-order valence-electron chi connectivity index (χ1n) is 7.64. The van der Waals surface area contributed by atoms with E-state index in [4.69, 9.17) is 5.11 Å². The smallest absolute Gasteiger partial charge is 0.303 e. The lowest BCUT2D eigenvalue weighted by Crippen LogP contribution is -2.27. The molecule has 0 rings (SSSR count).